The number of alkyl halides is 3. The smallest absolute Gasteiger partial charge is 0.416 e. The number of halogens is 3. The Morgan fingerprint density at radius 1 is 1.27 bits per heavy atom. The number of benzene rings is 1. The third-order valence-corrected chi connectivity index (χ3v) is 3.94. The van der Waals surface area contributed by atoms with E-state index in [2.05, 4.69) is 9.13 Å². The van der Waals surface area contributed by atoms with Crippen molar-refractivity contribution >= 4 is 22.9 Å². The van der Waals surface area contributed by atoms with E-state index in [0.717, 1.165) is 16.4 Å². The highest BCUT2D eigenvalue weighted by Crippen LogP contribution is 2.29. The molecule has 0 radical (unpaired) electrons. The lowest BCUT2D eigenvalue weighted by Gasteiger charge is -2.21. The Morgan fingerprint density at radius 3 is 2.36 bits per heavy atom. The van der Waals surface area contributed by atoms with E-state index < -0.39 is 28.9 Å². The van der Waals surface area contributed by atoms with E-state index in [-0.39, 0.29) is 11.4 Å². The Labute approximate surface area is 126 Å². The average Bonchev–Trinajstić information content (AvgIpc) is 2.48. The van der Waals surface area contributed by atoms with E-state index in [1.54, 1.807) is 0 Å². The van der Waals surface area contributed by atoms with Gasteiger partial charge < -0.3 is 4.74 Å². The van der Waals surface area contributed by atoms with Crippen LogP contribution in [0.25, 0.3) is 0 Å². The second-order valence-corrected chi connectivity index (χ2v) is 5.49. The SMILES string of the molecule is COC(=O)C1=CC(c2ccc(C(F)(F)F)cc2)=NS(=O)N1C. The van der Waals surface area contributed by atoms with E-state index in [1.165, 1.54) is 32.4 Å². The van der Waals surface area contributed by atoms with Gasteiger partial charge in [0.25, 0.3) is 0 Å². The molecule has 0 saturated carbocycles. The van der Waals surface area contributed by atoms with E-state index in [1.807, 2.05) is 0 Å². The maximum Gasteiger partial charge on any atom is 0.416 e. The summed E-state index contributed by atoms with van der Waals surface area (Å²) < 4.78 is 59.0. The summed E-state index contributed by atoms with van der Waals surface area (Å²) in [6.07, 6.45) is -3.13. The van der Waals surface area contributed by atoms with Crippen molar-refractivity contribution in [1.29, 1.82) is 0 Å². The Morgan fingerprint density at radius 2 is 1.86 bits per heavy atom. The zero-order chi connectivity index (χ0) is 16.5. The lowest BCUT2D eigenvalue weighted by Crippen LogP contribution is -2.30. The van der Waals surface area contributed by atoms with Gasteiger partial charge in [-0.2, -0.15) is 17.6 Å². The maximum absolute atomic E-state index is 12.5. The molecule has 1 heterocycles. The number of methoxy groups -OCH3 is 1. The second-order valence-electron chi connectivity index (χ2n) is 4.30. The average molecular weight is 332 g/mol. The summed E-state index contributed by atoms with van der Waals surface area (Å²) in [5.74, 6) is -0.713. The van der Waals surface area contributed by atoms with Crippen molar-refractivity contribution in [1.82, 2.24) is 4.31 Å². The normalized spacial score (nSPS) is 18.6. The summed E-state index contributed by atoms with van der Waals surface area (Å²) in [4.78, 5) is 11.6. The predicted molar refractivity (Wildman–Crippen MR) is 74.0 cm³/mol. The Hall–Kier alpha value is -2.16. The third-order valence-electron chi connectivity index (χ3n) is 2.93. The number of hydrogen-bond acceptors (Lipinski definition) is 3. The molecule has 0 bridgehead atoms. The fourth-order valence-electron chi connectivity index (χ4n) is 1.73. The van der Waals surface area contributed by atoms with Crippen LogP contribution in [0.4, 0.5) is 13.2 Å². The predicted octanol–water partition coefficient (Wildman–Crippen LogP) is 2.08. The Bertz CT molecular complexity index is 681. The zero-order valence-electron chi connectivity index (χ0n) is 11.5. The molecular weight excluding hydrogens is 321 g/mol. The van der Waals surface area contributed by atoms with Crippen molar-refractivity contribution in [3.05, 3.63) is 47.2 Å². The highest BCUT2D eigenvalue weighted by molar-refractivity contribution is 7.81. The van der Waals surface area contributed by atoms with Gasteiger partial charge in [-0.05, 0) is 18.2 Å². The molecule has 1 aromatic carbocycles. The van der Waals surface area contributed by atoms with Crippen LogP contribution >= 0.6 is 0 Å². The lowest BCUT2D eigenvalue weighted by atomic mass is 10.1. The van der Waals surface area contributed by atoms with Crippen molar-refractivity contribution in [3.8, 4) is 0 Å². The van der Waals surface area contributed by atoms with Crippen molar-refractivity contribution in [2.75, 3.05) is 14.2 Å². The molecule has 1 atom stereocenters. The van der Waals surface area contributed by atoms with Gasteiger partial charge in [0.15, 0.2) is 0 Å². The van der Waals surface area contributed by atoms with Crippen molar-refractivity contribution in [2.24, 2.45) is 4.40 Å². The second kappa shape index (κ2) is 5.91. The van der Waals surface area contributed by atoms with Crippen LogP contribution < -0.4 is 0 Å². The van der Waals surface area contributed by atoms with Gasteiger partial charge >= 0.3 is 12.1 Å². The fraction of sp³-hybridized carbons (Fsp3) is 0.231. The van der Waals surface area contributed by atoms with E-state index in [9.17, 15) is 22.2 Å². The molecule has 0 fully saturated rings. The number of carbonyl (C=O) groups excluding carboxylic acids is 1. The number of hydrogen-bond donors (Lipinski definition) is 0. The van der Waals surface area contributed by atoms with Gasteiger partial charge in [0.05, 0.1) is 18.4 Å². The number of allylic oxidation sites excluding steroid dienone is 1. The molecule has 0 N–H and O–H groups in total. The summed E-state index contributed by atoms with van der Waals surface area (Å²) >= 11 is -1.86. The molecule has 9 heteroatoms. The van der Waals surface area contributed by atoms with Gasteiger partial charge in [0.2, 0.25) is 11.2 Å². The molecule has 0 aliphatic carbocycles. The monoisotopic (exact) mass is 332 g/mol. The zero-order valence-corrected chi connectivity index (χ0v) is 12.4. The van der Waals surface area contributed by atoms with Gasteiger partial charge in [-0.15, -0.1) is 0 Å². The summed E-state index contributed by atoms with van der Waals surface area (Å²) in [5, 5.41) is 0. The molecule has 0 spiro atoms. The van der Waals surface area contributed by atoms with Crippen LogP contribution in [0.1, 0.15) is 11.1 Å². The number of rotatable bonds is 2. The van der Waals surface area contributed by atoms with Crippen LogP contribution in [-0.2, 0) is 26.9 Å². The standard InChI is InChI=1S/C13H11F3N2O3S/c1-18-11(12(19)21-2)7-10(17-22(18)20)8-3-5-9(6-4-8)13(14,15)16/h3-7H,1-2H3. The van der Waals surface area contributed by atoms with Crippen molar-refractivity contribution < 1.29 is 26.9 Å². The van der Waals surface area contributed by atoms with E-state index in [0.29, 0.717) is 5.56 Å². The molecule has 118 valence electrons. The molecule has 2 rings (SSSR count). The van der Waals surface area contributed by atoms with Crippen LogP contribution in [0.3, 0.4) is 0 Å². The first kappa shape index (κ1) is 16.2. The summed E-state index contributed by atoms with van der Waals surface area (Å²) in [6, 6.07) is 4.20. The van der Waals surface area contributed by atoms with Crippen LogP contribution in [-0.4, -0.2) is 34.4 Å². The first-order chi connectivity index (χ1) is 10.2. The van der Waals surface area contributed by atoms with Crippen LogP contribution in [0.2, 0.25) is 0 Å². The lowest BCUT2D eigenvalue weighted by molar-refractivity contribution is -0.138. The first-order valence-corrected chi connectivity index (χ1v) is 7.02. The van der Waals surface area contributed by atoms with Crippen molar-refractivity contribution in [3.63, 3.8) is 0 Å². The van der Waals surface area contributed by atoms with Crippen LogP contribution in [0, 0.1) is 0 Å². The van der Waals surface area contributed by atoms with Gasteiger partial charge in [0, 0.05) is 12.6 Å². The van der Waals surface area contributed by atoms with Crippen LogP contribution in [0.5, 0.6) is 0 Å². The number of ether oxygens (including phenoxy) is 1. The van der Waals surface area contributed by atoms with Gasteiger partial charge in [0.1, 0.15) is 5.70 Å². The highest BCUT2D eigenvalue weighted by atomic mass is 32.2. The fourth-order valence-corrected chi connectivity index (χ4v) is 2.48. The summed E-state index contributed by atoms with van der Waals surface area (Å²) in [6.45, 7) is 0. The van der Waals surface area contributed by atoms with Crippen LogP contribution in [0.15, 0.2) is 40.4 Å². The summed E-state index contributed by atoms with van der Waals surface area (Å²) in [5.41, 5.74) is -0.338. The largest absolute Gasteiger partial charge is 0.464 e. The third kappa shape index (κ3) is 3.19. The number of esters is 1. The Balaban J connectivity index is 2.39. The number of carbonyl (C=O) groups is 1. The first-order valence-electron chi connectivity index (χ1n) is 5.96. The minimum Gasteiger partial charge on any atom is -0.464 e. The number of likely N-dealkylation sites (N-methyl/N-ethyl adjacent to an activating group) is 1. The molecule has 1 aliphatic rings. The molecule has 0 amide bonds. The quantitative estimate of drug-likeness (QED) is 0.779. The van der Waals surface area contributed by atoms with Crippen molar-refractivity contribution in [2.45, 2.75) is 6.18 Å². The summed E-state index contributed by atoms with van der Waals surface area (Å²) in [7, 11) is 2.56. The molecular formula is C13H11F3N2O3S. The van der Waals surface area contributed by atoms with E-state index >= 15 is 0 Å². The van der Waals surface area contributed by atoms with Gasteiger partial charge in [-0.25, -0.2) is 9.00 Å². The molecule has 1 unspecified atom stereocenters. The van der Waals surface area contributed by atoms with E-state index in [4.69, 9.17) is 0 Å². The molecule has 1 aromatic rings. The minimum absolute atomic E-state index is 0.00531. The maximum atomic E-state index is 12.5. The molecule has 22 heavy (non-hydrogen) atoms. The minimum atomic E-state index is -4.44. The molecule has 1 aliphatic heterocycles. The molecule has 0 aromatic heterocycles. The molecule has 5 nitrogen and oxygen atoms in total. The Kier molecular flexibility index (Phi) is 4.36. The highest BCUT2D eigenvalue weighted by Gasteiger charge is 2.30. The number of nitrogens with zero attached hydrogens (tertiary/aromatic N) is 2. The molecule has 0 saturated heterocycles. The van der Waals surface area contributed by atoms with Gasteiger partial charge in [-0.3, -0.25) is 4.31 Å². The van der Waals surface area contributed by atoms with Gasteiger partial charge in [-0.1, -0.05) is 12.1 Å². The topological polar surface area (TPSA) is 59.0 Å².